The number of amides is 1. The molecule has 3 aromatic heterocycles. The van der Waals surface area contributed by atoms with E-state index in [-0.39, 0.29) is 11.7 Å². The molecule has 0 atom stereocenters. The number of halogens is 1. The number of thiazole rings is 1. The molecule has 1 fully saturated rings. The van der Waals surface area contributed by atoms with Crippen LogP contribution in [0.15, 0.2) is 60.5 Å². The van der Waals surface area contributed by atoms with E-state index in [1.165, 1.54) is 29.3 Å². The van der Waals surface area contributed by atoms with Gasteiger partial charge < -0.3 is 15.0 Å². The van der Waals surface area contributed by atoms with Crippen LogP contribution in [0.3, 0.4) is 0 Å². The lowest BCUT2D eigenvalue weighted by atomic mass is 9.94. The van der Waals surface area contributed by atoms with Crippen LogP contribution in [-0.2, 0) is 30.7 Å². The number of fused-ring (bicyclic) bond motifs is 3. The van der Waals surface area contributed by atoms with Crippen molar-refractivity contribution in [3.05, 3.63) is 88.0 Å². The van der Waals surface area contributed by atoms with Crippen molar-refractivity contribution in [1.82, 2.24) is 20.2 Å². The Labute approximate surface area is 263 Å². The van der Waals surface area contributed by atoms with E-state index in [0.717, 1.165) is 86.1 Å². The van der Waals surface area contributed by atoms with E-state index in [2.05, 4.69) is 41.5 Å². The molecule has 0 saturated heterocycles. The van der Waals surface area contributed by atoms with Crippen LogP contribution >= 0.6 is 22.7 Å². The molecule has 0 unspecified atom stereocenters. The number of hydrogen-bond acceptors (Lipinski definition) is 7. The fraction of sp³-hybridized carbons (Fsp3) is 0.286. The van der Waals surface area contributed by atoms with Crippen LogP contribution in [0.5, 0.6) is 5.75 Å². The highest BCUT2D eigenvalue weighted by Gasteiger charge is 2.29. The van der Waals surface area contributed by atoms with Gasteiger partial charge in [-0.25, -0.2) is 14.4 Å². The van der Waals surface area contributed by atoms with Gasteiger partial charge in [0.15, 0.2) is 0 Å². The molecule has 1 amide bonds. The van der Waals surface area contributed by atoms with Crippen LogP contribution in [0.4, 0.5) is 4.39 Å². The maximum atomic E-state index is 14.6. The van der Waals surface area contributed by atoms with Gasteiger partial charge in [-0.3, -0.25) is 4.79 Å². The summed E-state index contributed by atoms with van der Waals surface area (Å²) in [5.41, 5.74) is 8.17. The first-order valence-corrected chi connectivity index (χ1v) is 16.8. The maximum absolute atomic E-state index is 14.6. The molecule has 3 aliphatic rings. The number of ether oxygens (including phenoxy) is 1. The molecule has 6 nitrogen and oxygen atoms in total. The quantitative estimate of drug-likeness (QED) is 0.192. The van der Waals surface area contributed by atoms with Crippen molar-refractivity contribution in [2.75, 3.05) is 19.7 Å². The standard InChI is InChI=1S/C35H31FN4O2S2/c1-2-30(41)40-13-10-27-29(18-40)44-35(38-27)33-31(25-8-7-24(36)16-28(25)42-19-20-3-4-20)34-26(11-14-43-34)32(39-33)22-5-6-23-17-37-12-9-21(23)15-22/h2,5-8,11,14-16,20,37H,1,3-4,9-10,12-13,17-19H2. The molecule has 2 aliphatic heterocycles. The highest BCUT2D eigenvalue weighted by molar-refractivity contribution is 7.18. The molecule has 0 radical (unpaired) electrons. The zero-order valence-corrected chi connectivity index (χ0v) is 25.8. The molecule has 5 aromatic rings. The summed E-state index contributed by atoms with van der Waals surface area (Å²) >= 11 is 3.24. The smallest absolute Gasteiger partial charge is 0.246 e. The van der Waals surface area contributed by atoms with E-state index in [0.29, 0.717) is 37.8 Å². The lowest BCUT2D eigenvalue weighted by molar-refractivity contribution is -0.126. The Balaban J connectivity index is 1.33. The Morgan fingerprint density at radius 2 is 2.02 bits per heavy atom. The molecule has 9 heteroatoms. The Hall–Kier alpha value is -3.92. The van der Waals surface area contributed by atoms with Gasteiger partial charge in [0.05, 0.1) is 24.5 Å². The predicted molar refractivity (Wildman–Crippen MR) is 175 cm³/mol. The third kappa shape index (κ3) is 5.02. The van der Waals surface area contributed by atoms with Gasteiger partial charge in [-0.2, -0.15) is 0 Å². The predicted octanol–water partition coefficient (Wildman–Crippen LogP) is 7.40. The summed E-state index contributed by atoms with van der Waals surface area (Å²) in [6.07, 6.45) is 5.33. The minimum absolute atomic E-state index is 0.0712. The lowest BCUT2D eigenvalue weighted by Crippen LogP contribution is -2.34. The highest BCUT2D eigenvalue weighted by Crippen LogP contribution is 2.48. The van der Waals surface area contributed by atoms with Gasteiger partial charge in [0, 0.05) is 57.2 Å². The summed E-state index contributed by atoms with van der Waals surface area (Å²) < 4.78 is 22.0. The first-order valence-electron chi connectivity index (χ1n) is 15.1. The van der Waals surface area contributed by atoms with Gasteiger partial charge in [0.1, 0.15) is 22.3 Å². The highest BCUT2D eigenvalue weighted by atomic mass is 32.1. The average Bonchev–Trinajstić information content (AvgIpc) is 3.58. The Kier molecular flexibility index (Phi) is 7.04. The number of nitrogens with zero attached hydrogens (tertiary/aromatic N) is 3. The first-order chi connectivity index (χ1) is 21.6. The van der Waals surface area contributed by atoms with Crippen LogP contribution in [-0.4, -0.2) is 40.5 Å². The summed E-state index contributed by atoms with van der Waals surface area (Å²) in [6.45, 7) is 7.21. The largest absolute Gasteiger partial charge is 0.493 e. The molecule has 1 N–H and O–H groups in total. The van der Waals surface area contributed by atoms with Crippen LogP contribution in [0, 0.1) is 11.7 Å². The van der Waals surface area contributed by atoms with Crippen LogP contribution < -0.4 is 10.1 Å². The van der Waals surface area contributed by atoms with Crippen molar-refractivity contribution in [2.24, 2.45) is 5.92 Å². The lowest BCUT2D eigenvalue weighted by Gasteiger charge is -2.24. The second kappa shape index (κ2) is 11.2. The van der Waals surface area contributed by atoms with Crippen LogP contribution in [0.1, 0.15) is 34.5 Å². The molecule has 222 valence electrons. The maximum Gasteiger partial charge on any atom is 0.246 e. The van der Waals surface area contributed by atoms with E-state index in [9.17, 15) is 9.18 Å². The third-order valence-electron chi connectivity index (χ3n) is 8.78. The topological polar surface area (TPSA) is 67.4 Å². The molecule has 44 heavy (non-hydrogen) atoms. The molecule has 1 saturated carbocycles. The number of thiophene rings is 1. The molecule has 0 spiro atoms. The van der Waals surface area contributed by atoms with Gasteiger partial charge in [0.2, 0.25) is 5.91 Å². The molecule has 0 bridgehead atoms. The Morgan fingerprint density at radius 1 is 1.11 bits per heavy atom. The molecule has 8 rings (SSSR count). The number of rotatable bonds is 7. The van der Waals surface area contributed by atoms with E-state index >= 15 is 0 Å². The Morgan fingerprint density at radius 3 is 2.89 bits per heavy atom. The summed E-state index contributed by atoms with van der Waals surface area (Å²) in [5, 5.41) is 7.42. The number of nitrogens with one attached hydrogen (secondary N) is 1. The monoisotopic (exact) mass is 622 g/mol. The normalized spacial score (nSPS) is 16.1. The fourth-order valence-corrected chi connectivity index (χ4v) is 8.28. The molecule has 1 aliphatic carbocycles. The number of benzene rings is 2. The van der Waals surface area contributed by atoms with Crippen molar-refractivity contribution < 1.29 is 13.9 Å². The van der Waals surface area contributed by atoms with Gasteiger partial charge in [0.25, 0.3) is 0 Å². The number of aromatic nitrogens is 2. The van der Waals surface area contributed by atoms with Crippen molar-refractivity contribution in [3.8, 4) is 38.8 Å². The summed E-state index contributed by atoms with van der Waals surface area (Å²) in [7, 11) is 0. The van der Waals surface area contributed by atoms with Gasteiger partial charge in [-0.1, -0.05) is 18.7 Å². The SMILES string of the molecule is C=CC(=O)N1CCc2nc(-c3nc(-c4ccc5c(c4)CCNC5)c4ccsc4c3-c3ccc(F)cc3OCC3CC3)sc2C1. The number of hydrogen-bond donors (Lipinski definition) is 1. The van der Waals surface area contributed by atoms with Crippen molar-refractivity contribution in [3.63, 3.8) is 0 Å². The summed E-state index contributed by atoms with van der Waals surface area (Å²) in [6, 6.07) is 13.6. The van der Waals surface area contributed by atoms with E-state index in [1.807, 2.05) is 11.0 Å². The number of carbonyl (C=O) groups excluding carboxylic acids is 1. The van der Waals surface area contributed by atoms with Crippen molar-refractivity contribution in [1.29, 1.82) is 0 Å². The second-order valence-corrected chi connectivity index (χ2v) is 13.8. The zero-order chi connectivity index (χ0) is 29.8. The number of carbonyl (C=O) groups is 1. The van der Waals surface area contributed by atoms with Gasteiger partial charge in [-0.15, -0.1) is 22.7 Å². The minimum atomic E-state index is -0.326. The van der Waals surface area contributed by atoms with E-state index < -0.39 is 0 Å². The minimum Gasteiger partial charge on any atom is -0.493 e. The van der Waals surface area contributed by atoms with Crippen molar-refractivity contribution in [2.45, 2.75) is 38.8 Å². The first kappa shape index (κ1) is 27.6. The van der Waals surface area contributed by atoms with E-state index in [4.69, 9.17) is 14.7 Å². The van der Waals surface area contributed by atoms with Crippen LogP contribution in [0.25, 0.3) is 43.2 Å². The molecule has 2 aromatic carbocycles. The Bertz CT molecular complexity index is 1940. The summed E-state index contributed by atoms with van der Waals surface area (Å²) in [4.78, 5) is 25.8. The zero-order valence-electron chi connectivity index (χ0n) is 24.2. The van der Waals surface area contributed by atoms with Gasteiger partial charge in [-0.05, 0) is 78.6 Å². The molecular weight excluding hydrogens is 592 g/mol. The summed E-state index contributed by atoms with van der Waals surface area (Å²) in [5.74, 6) is 0.665. The third-order valence-corrected chi connectivity index (χ3v) is 10.8. The van der Waals surface area contributed by atoms with Gasteiger partial charge >= 0.3 is 0 Å². The van der Waals surface area contributed by atoms with E-state index in [1.54, 1.807) is 22.7 Å². The number of pyridine rings is 1. The van der Waals surface area contributed by atoms with Crippen LogP contribution in [0.2, 0.25) is 0 Å². The average molecular weight is 623 g/mol. The molecular formula is C35H31FN4O2S2. The second-order valence-electron chi connectivity index (χ2n) is 11.8. The molecule has 5 heterocycles. The fourth-order valence-electron chi connectivity index (χ4n) is 6.20. The van der Waals surface area contributed by atoms with Crippen molar-refractivity contribution >= 4 is 38.7 Å².